The number of aliphatic hydroxyl groups excluding tert-OH is 1. The maximum absolute atomic E-state index is 10.5. The fourth-order valence-electron chi connectivity index (χ4n) is 0.859. The third-order valence-corrected chi connectivity index (χ3v) is 1.46. The van der Waals surface area contributed by atoms with Gasteiger partial charge in [0.25, 0.3) is 5.91 Å². The van der Waals surface area contributed by atoms with E-state index < -0.39 is 12.0 Å². The van der Waals surface area contributed by atoms with Crippen LogP contribution < -0.4 is 5.73 Å². The fourth-order valence-corrected chi connectivity index (χ4v) is 0.859. The number of aliphatic hydroxyl groups is 1. The second-order valence-corrected chi connectivity index (χ2v) is 2.40. The summed E-state index contributed by atoms with van der Waals surface area (Å²) in [6, 6.07) is 5.76. The number of nitrogens with two attached hydrogens (primary N) is 1. The first-order valence-corrected chi connectivity index (χ1v) is 3.37. The van der Waals surface area contributed by atoms with Crippen molar-refractivity contribution in [3.8, 4) is 5.75 Å². The number of carbonyl (C=O) groups is 1. The molecule has 0 spiro atoms. The molecule has 0 saturated carbocycles. The van der Waals surface area contributed by atoms with Crippen molar-refractivity contribution in [2.24, 2.45) is 5.73 Å². The highest BCUT2D eigenvalue weighted by Gasteiger charge is 2.13. The highest BCUT2D eigenvalue weighted by Crippen LogP contribution is 2.17. The van der Waals surface area contributed by atoms with Gasteiger partial charge in [0.15, 0.2) is 6.10 Å². The number of aromatic hydroxyl groups is 1. The molecule has 1 rings (SSSR count). The van der Waals surface area contributed by atoms with E-state index in [1.54, 1.807) is 0 Å². The van der Waals surface area contributed by atoms with E-state index in [0.29, 0.717) is 5.56 Å². The molecule has 0 radical (unpaired) electrons. The van der Waals surface area contributed by atoms with Crippen LogP contribution in [0.4, 0.5) is 0 Å². The first kappa shape index (κ1) is 8.55. The van der Waals surface area contributed by atoms with Gasteiger partial charge in [-0.05, 0) is 17.7 Å². The minimum Gasteiger partial charge on any atom is -0.508 e. The van der Waals surface area contributed by atoms with Crippen molar-refractivity contribution in [2.45, 2.75) is 6.10 Å². The highest BCUT2D eigenvalue weighted by molar-refractivity contribution is 5.80. The molecule has 0 aliphatic rings. The second-order valence-electron chi connectivity index (χ2n) is 2.40. The number of hydrogen-bond acceptors (Lipinski definition) is 3. The van der Waals surface area contributed by atoms with Gasteiger partial charge in [-0.2, -0.15) is 0 Å². The lowest BCUT2D eigenvalue weighted by Gasteiger charge is -2.05. The number of phenolic OH excluding ortho intramolecular Hbond substituents is 1. The van der Waals surface area contributed by atoms with Crippen LogP contribution in [0.3, 0.4) is 0 Å². The molecule has 0 aliphatic heterocycles. The molecular formula is C8H9NO3. The Morgan fingerprint density at radius 1 is 1.50 bits per heavy atom. The SMILES string of the molecule is NC(=O)C(O)c1cccc(O)c1. The van der Waals surface area contributed by atoms with Crippen LogP contribution >= 0.6 is 0 Å². The molecule has 4 N–H and O–H groups in total. The van der Waals surface area contributed by atoms with Crippen molar-refractivity contribution in [1.82, 2.24) is 0 Å². The molecule has 4 nitrogen and oxygen atoms in total. The van der Waals surface area contributed by atoms with Gasteiger partial charge < -0.3 is 15.9 Å². The Hall–Kier alpha value is -1.55. The zero-order valence-corrected chi connectivity index (χ0v) is 6.27. The molecule has 0 aromatic heterocycles. The Morgan fingerprint density at radius 3 is 2.67 bits per heavy atom. The zero-order chi connectivity index (χ0) is 9.14. The molecule has 1 unspecified atom stereocenters. The number of amides is 1. The lowest BCUT2D eigenvalue weighted by molar-refractivity contribution is -0.126. The number of hydrogen-bond donors (Lipinski definition) is 3. The molecule has 1 atom stereocenters. The molecule has 1 amide bonds. The molecule has 0 bridgehead atoms. The molecule has 64 valence electrons. The summed E-state index contributed by atoms with van der Waals surface area (Å²) in [7, 11) is 0. The number of benzene rings is 1. The van der Waals surface area contributed by atoms with Crippen LogP contribution in [0.15, 0.2) is 24.3 Å². The predicted octanol–water partition coefficient (Wildman–Crippen LogP) is -0.0891. The minimum absolute atomic E-state index is 0.00667. The largest absolute Gasteiger partial charge is 0.508 e. The van der Waals surface area contributed by atoms with Crippen LogP contribution in [0.1, 0.15) is 11.7 Å². The zero-order valence-electron chi connectivity index (χ0n) is 6.27. The number of carbonyl (C=O) groups excluding carboxylic acids is 1. The van der Waals surface area contributed by atoms with Crippen LogP contribution in [0.5, 0.6) is 5.75 Å². The average Bonchev–Trinajstić information content (AvgIpc) is 2.03. The molecule has 1 aromatic carbocycles. The van der Waals surface area contributed by atoms with Crippen LogP contribution in [0.25, 0.3) is 0 Å². The molecule has 0 saturated heterocycles. The van der Waals surface area contributed by atoms with Gasteiger partial charge in [-0.3, -0.25) is 4.79 Å². The van der Waals surface area contributed by atoms with Gasteiger partial charge in [-0.15, -0.1) is 0 Å². The fraction of sp³-hybridized carbons (Fsp3) is 0.125. The summed E-state index contributed by atoms with van der Waals surface area (Å²) >= 11 is 0. The molecule has 0 aliphatic carbocycles. The smallest absolute Gasteiger partial charge is 0.250 e. The van der Waals surface area contributed by atoms with Crippen molar-refractivity contribution in [3.63, 3.8) is 0 Å². The van der Waals surface area contributed by atoms with Crippen molar-refractivity contribution < 1.29 is 15.0 Å². The summed E-state index contributed by atoms with van der Waals surface area (Å²) in [5.41, 5.74) is 5.14. The van der Waals surface area contributed by atoms with Crippen molar-refractivity contribution in [2.75, 3.05) is 0 Å². The van der Waals surface area contributed by atoms with Crippen LogP contribution in [-0.2, 0) is 4.79 Å². The normalized spacial score (nSPS) is 12.4. The van der Waals surface area contributed by atoms with Gasteiger partial charge >= 0.3 is 0 Å². The molecule has 4 heteroatoms. The lowest BCUT2D eigenvalue weighted by Crippen LogP contribution is -2.20. The molecule has 12 heavy (non-hydrogen) atoms. The Morgan fingerprint density at radius 2 is 2.17 bits per heavy atom. The van der Waals surface area contributed by atoms with E-state index in [4.69, 9.17) is 15.9 Å². The van der Waals surface area contributed by atoms with E-state index in [1.807, 2.05) is 0 Å². The Kier molecular flexibility index (Phi) is 2.30. The summed E-state index contributed by atoms with van der Waals surface area (Å²) in [4.78, 5) is 10.5. The maximum atomic E-state index is 10.5. The maximum Gasteiger partial charge on any atom is 0.250 e. The van der Waals surface area contributed by atoms with E-state index >= 15 is 0 Å². The van der Waals surface area contributed by atoms with Crippen molar-refractivity contribution in [1.29, 1.82) is 0 Å². The summed E-state index contributed by atoms with van der Waals surface area (Å²) < 4.78 is 0. The van der Waals surface area contributed by atoms with E-state index in [1.165, 1.54) is 24.3 Å². The number of rotatable bonds is 2. The van der Waals surface area contributed by atoms with E-state index in [0.717, 1.165) is 0 Å². The summed E-state index contributed by atoms with van der Waals surface area (Å²) in [5.74, 6) is -0.839. The van der Waals surface area contributed by atoms with Gasteiger partial charge in [-0.25, -0.2) is 0 Å². The average molecular weight is 167 g/mol. The lowest BCUT2D eigenvalue weighted by atomic mass is 10.1. The number of primary amides is 1. The first-order chi connectivity index (χ1) is 5.61. The van der Waals surface area contributed by atoms with Gasteiger partial charge in [0.05, 0.1) is 0 Å². The van der Waals surface area contributed by atoms with Crippen molar-refractivity contribution >= 4 is 5.91 Å². The molecule has 0 fully saturated rings. The third kappa shape index (κ3) is 1.73. The first-order valence-electron chi connectivity index (χ1n) is 3.37. The summed E-state index contributed by atoms with van der Waals surface area (Å²) in [5, 5.41) is 18.1. The standard InChI is InChI=1S/C8H9NO3/c9-8(12)7(11)5-2-1-3-6(10)4-5/h1-4,7,10-11H,(H2,9,12). The Balaban J connectivity index is 2.95. The van der Waals surface area contributed by atoms with Gasteiger partial charge in [0.2, 0.25) is 0 Å². The van der Waals surface area contributed by atoms with Crippen molar-refractivity contribution in [3.05, 3.63) is 29.8 Å². The highest BCUT2D eigenvalue weighted by atomic mass is 16.3. The van der Waals surface area contributed by atoms with Crippen LogP contribution in [0, 0.1) is 0 Å². The second kappa shape index (κ2) is 3.23. The molecule has 0 heterocycles. The topological polar surface area (TPSA) is 83.6 Å². The van der Waals surface area contributed by atoms with Gasteiger partial charge in [-0.1, -0.05) is 12.1 Å². The summed E-state index contributed by atoms with van der Waals surface area (Å²) in [6.45, 7) is 0. The quantitative estimate of drug-likeness (QED) is 0.575. The Bertz CT molecular complexity index is 298. The van der Waals surface area contributed by atoms with Gasteiger partial charge in [0.1, 0.15) is 5.75 Å². The van der Waals surface area contributed by atoms with E-state index in [9.17, 15) is 4.79 Å². The minimum atomic E-state index is -1.35. The van der Waals surface area contributed by atoms with Crippen LogP contribution in [-0.4, -0.2) is 16.1 Å². The predicted molar refractivity (Wildman–Crippen MR) is 42.3 cm³/mol. The molecule has 1 aromatic rings. The van der Waals surface area contributed by atoms with E-state index in [-0.39, 0.29) is 5.75 Å². The monoisotopic (exact) mass is 167 g/mol. The summed E-state index contributed by atoms with van der Waals surface area (Å²) in [6.07, 6.45) is -1.35. The van der Waals surface area contributed by atoms with Crippen LogP contribution in [0.2, 0.25) is 0 Å². The number of phenols is 1. The third-order valence-electron chi connectivity index (χ3n) is 1.46. The Labute approximate surface area is 69.3 Å². The van der Waals surface area contributed by atoms with Gasteiger partial charge in [0, 0.05) is 0 Å². The molecular weight excluding hydrogens is 158 g/mol. The van der Waals surface area contributed by atoms with E-state index in [2.05, 4.69) is 0 Å².